The number of anilines is 1. The zero-order valence-electron chi connectivity index (χ0n) is 17.3. The van der Waals surface area contributed by atoms with E-state index in [0.29, 0.717) is 17.9 Å². The fraction of sp³-hybridized carbons (Fsp3) is 0.125. The molecule has 8 heteroatoms. The van der Waals surface area contributed by atoms with Gasteiger partial charge < -0.3 is 19.7 Å². The van der Waals surface area contributed by atoms with Crippen LogP contribution in [-0.4, -0.2) is 39.4 Å². The lowest BCUT2D eigenvalue weighted by Gasteiger charge is -2.11. The standard InChI is InChI=1S/C24H21N3O4S/c1-31-24(30)17-11-12-20(25-13-17)26-21(28)15-32-23-19-10-6-5-9-18(19)22(29)27(23)14-16-7-3-2-4-8-16/h2-13,29H,14-15H2,1H3,(H,25,26,28). The van der Waals surface area contributed by atoms with E-state index in [2.05, 4.69) is 15.0 Å². The van der Waals surface area contributed by atoms with Crippen LogP contribution in [0.2, 0.25) is 0 Å². The first kappa shape index (κ1) is 21.5. The number of methoxy groups -OCH3 is 1. The molecule has 0 saturated carbocycles. The average Bonchev–Trinajstić information content (AvgIpc) is 3.09. The molecule has 0 unspecified atom stereocenters. The van der Waals surface area contributed by atoms with E-state index in [1.54, 1.807) is 6.07 Å². The van der Waals surface area contributed by atoms with Crippen LogP contribution < -0.4 is 5.32 Å². The van der Waals surface area contributed by atoms with Gasteiger partial charge in [-0.15, -0.1) is 0 Å². The normalized spacial score (nSPS) is 10.8. The molecule has 162 valence electrons. The van der Waals surface area contributed by atoms with Gasteiger partial charge in [-0.3, -0.25) is 4.79 Å². The molecule has 2 aromatic heterocycles. The van der Waals surface area contributed by atoms with Gasteiger partial charge in [-0.25, -0.2) is 9.78 Å². The van der Waals surface area contributed by atoms with Crippen LogP contribution >= 0.6 is 11.8 Å². The van der Waals surface area contributed by atoms with Crippen molar-refractivity contribution in [2.75, 3.05) is 18.2 Å². The van der Waals surface area contributed by atoms with E-state index in [9.17, 15) is 14.7 Å². The maximum Gasteiger partial charge on any atom is 0.339 e. The molecule has 1 amide bonds. The Morgan fingerprint density at radius 1 is 1.03 bits per heavy atom. The van der Waals surface area contributed by atoms with Crippen molar-refractivity contribution in [2.45, 2.75) is 11.6 Å². The first-order valence-corrected chi connectivity index (χ1v) is 10.9. The number of aromatic nitrogens is 2. The van der Waals surface area contributed by atoms with Gasteiger partial charge in [0.2, 0.25) is 5.91 Å². The molecule has 7 nitrogen and oxygen atoms in total. The molecule has 0 aliphatic heterocycles. The van der Waals surface area contributed by atoms with Crippen molar-refractivity contribution in [2.24, 2.45) is 0 Å². The highest BCUT2D eigenvalue weighted by atomic mass is 32.2. The van der Waals surface area contributed by atoms with Crippen molar-refractivity contribution in [1.82, 2.24) is 9.55 Å². The zero-order chi connectivity index (χ0) is 22.5. The van der Waals surface area contributed by atoms with E-state index < -0.39 is 5.97 Å². The third-order valence-corrected chi connectivity index (χ3v) is 6.00. The summed E-state index contributed by atoms with van der Waals surface area (Å²) in [7, 11) is 1.30. The van der Waals surface area contributed by atoms with Crippen LogP contribution in [-0.2, 0) is 16.1 Å². The van der Waals surface area contributed by atoms with E-state index in [-0.39, 0.29) is 17.5 Å². The van der Waals surface area contributed by atoms with Gasteiger partial charge in [-0.1, -0.05) is 60.3 Å². The third kappa shape index (κ3) is 4.60. The SMILES string of the molecule is COC(=O)c1ccc(NC(=O)CSc2c3ccccc3c(O)n2Cc2ccccc2)nc1. The summed E-state index contributed by atoms with van der Waals surface area (Å²) >= 11 is 1.34. The maximum atomic E-state index is 12.5. The summed E-state index contributed by atoms with van der Waals surface area (Å²) in [6.45, 7) is 0.488. The second kappa shape index (κ2) is 9.57. The molecule has 0 bridgehead atoms. The van der Waals surface area contributed by atoms with E-state index in [4.69, 9.17) is 0 Å². The van der Waals surface area contributed by atoms with E-state index in [1.165, 1.54) is 31.1 Å². The molecular weight excluding hydrogens is 426 g/mol. The summed E-state index contributed by atoms with van der Waals surface area (Å²) in [6, 6.07) is 20.5. The number of benzene rings is 2. The van der Waals surface area contributed by atoms with Gasteiger partial charge in [-0.05, 0) is 23.8 Å². The largest absolute Gasteiger partial charge is 0.494 e. The summed E-state index contributed by atoms with van der Waals surface area (Å²) in [5.74, 6) is -0.0907. The van der Waals surface area contributed by atoms with Gasteiger partial charge in [0, 0.05) is 17.0 Å². The highest BCUT2D eigenvalue weighted by molar-refractivity contribution is 8.00. The second-order valence-corrected chi connectivity index (χ2v) is 7.97. The number of amides is 1. The molecule has 0 saturated heterocycles. The van der Waals surface area contributed by atoms with Crippen molar-refractivity contribution < 1.29 is 19.4 Å². The Bertz CT molecular complexity index is 1250. The lowest BCUT2D eigenvalue weighted by atomic mass is 10.2. The summed E-state index contributed by atoms with van der Waals surface area (Å²) in [5, 5.41) is 16.0. The van der Waals surface area contributed by atoms with Crippen molar-refractivity contribution >= 4 is 40.2 Å². The van der Waals surface area contributed by atoms with Crippen molar-refractivity contribution in [3.05, 3.63) is 84.1 Å². The van der Waals surface area contributed by atoms with Gasteiger partial charge in [0.25, 0.3) is 0 Å². The summed E-state index contributed by atoms with van der Waals surface area (Å²) in [6.07, 6.45) is 1.35. The van der Waals surface area contributed by atoms with Crippen LogP contribution in [0.3, 0.4) is 0 Å². The van der Waals surface area contributed by atoms with Crippen molar-refractivity contribution in [3.8, 4) is 5.88 Å². The third-order valence-electron chi connectivity index (χ3n) is 4.87. The first-order valence-electron chi connectivity index (χ1n) is 9.88. The van der Waals surface area contributed by atoms with Gasteiger partial charge in [0.15, 0.2) is 5.88 Å². The average molecular weight is 448 g/mol. The number of rotatable bonds is 7. The first-order chi connectivity index (χ1) is 15.6. The van der Waals surface area contributed by atoms with Gasteiger partial charge in [0.05, 0.1) is 30.0 Å². The predicted octanol–water partition coefficient (Wildman–Crippen LogP) is 4.31. The van der Waals surface area contributed by atoms with E-state index in [0.717, 1.165) is 21.4 Å². The van der Waals surface area contributed by atoms with E-state index >= 15 is 0 Å². The van der Waals surface area contributed by atoms with Crippen molar-refractivity contribution in [1.29, 1.82) is 0 Å². The Hall–Kier alpha value is -3.78. The van der Waals surface area contributed by atoms with Crippen LogP contribution in [0.5, 0.6) is 5.88 Å². The smallest absolute Gasteiger partial charge is 0.339 e. The fourth-order valence-corrected chi connectivity index (χ4v) is 4.32. The number of fused-ring (bicyclic) bond motifs is 1. The van der Waals surface area contributed by atoms with Crippen LogP contribution in [0.1, 0.15) is 15.9 Å². The number of nitrogens with one attached hydrogen (secondary N) is 1. The highest BCUT2D eigenvalue weighted by Crippen LogP contribution is 2.38. The quantitative estimate of drug-likeness (QED) is 0.324. The van der Waals surface area contributed by atoms with Gasteiger partial charge in [0.1, 0.15) is 5.82 Å². The number of nitrogens with zero attached hydrogens (tertiary/aromatic N) is 2. The minimum absolute atomic E-state index is 0.128. The highest BCUT2D eigenvalue weighted by Gasteiger charge is 2.18. The van der Waals surface area contributed by atoms with Crippen LogP contribution in [0.15, 0.2) is 78.0 Å². The predicted molar refractivity (Wildman–Crippen MR) is 124 cm³/mol. The topological polar surface area (TPSA) is 93.5 Å². The Morgan fingerprint density at radius 3 is 2.44 bits per heavy atom. The molecule has 4 aromatic rings. The molecule has 2 N–H and O–H groups in total. The van der Waals surface area contributed by atoms with Gasteiger partial charge >= 0.3 is 5.97 Å². The molecule has 32 heavy (non-hydrogen) atoms. The number of aromatic hydroxyl groups is 1. The van der Waals surface area contributed by atoms with Crippen LogP contribution in [0.4, 0.5) is 5.82 Å². The molecule has 0 radical (unpaired) electrons. The molecule has 2 aromatic carbocycles. The molecular formula is C24H21N3O4S. The number of thioether (sulfide) groups is 1. The number of carbonyl (C=O) groups is 2. The molecule has 0 spiro atoms. The summed E-state index contributed by atoms with van der Waals surface area (Å²) < 4.78 is 6.46. The monoisotopic (exact) mass is 447 g/mol. The molecule has 0 atom stereocenters. The fourth-order valence-electron chi connectivity index (χ4n) is 3.34. The number of pyridine rings is 1. The number of esters is 1. The lowest BCUT2D eigenvalue weighted by Crippen LogP contribution is -2.15. The molecule has 0 aliphatic rings. The second-order valence-electron chi connectivity index (χ2n) is 7.01. The maximum absolute atomic E-state index is 12.5. The summed E-state index contributed by atoms with van der Waals surface area (Å²) in [4.78, 5) is 28.1. The van der Waals surface area contributed by atoms with Gasteiger partial charge in [-0.2, -0.15) is 0 Å². The van der Waals surface area contributed by atoms with Crippen LogP contribution in [0.25, 0.3) is 10.8 Å². The molecule has 0 fully saturated rings. The number of carbonyl (C=O) groups excluding carboxylic acids is 2. The number of hydrogen-bond donors (Lipinski definition) is 2. The minimum Gasteiger partial charge on any atom is -0.494 e. The minimum atomic E-state index is -0.489. The number of ether oxygens (including phenoxy) is 1. The Labute approximate surface area is 189 Å². The Morgan fingerprint density at radius 2 is 1.75 bits per heavy atom. The number of hydrogen-bond acceptors (Lipinski definition) is 6. The molecule has 2 heterocycles. The summed E-state index contributed by atoms with van der Waals surface area (Å²) in [5.41, 5.74) is 1.35. The van der Waals surface area contributed by atoms with E-state index in [1.807, 2.05) is 59.2 Å². The Balaban J connectivity index is 1.51. The molecule has 0 aliphatic carbocycles. The Kier molecular flexibility index (Phi) is 6.42. The lowest BCUT2D eigenvalue weighted by molar-refractivity contribution is -0.113. The molecule has 4 rings (SSSR count). The van der Waals surface area contributed by atoms with Crippen molar-refractivity contribution in [3.63, 3.8) is 0 Å². The zero-order valence-corrected chi connectivity index (χ0v) is 18.1. The van der Waals surface area contributed by atoms with Crippen LogP contribution in [0, 0.1) is 0 Å².